The smallest absolute Gasteiger partial charge is 0.372 e. The number of allylic oxidation sites excluding steroid dienone is 2. The van der Waals surface area contributed by atoms with Gasteiger partial charge in [0.15, 0.2) is 11.5 Å². The fourth-order valence-corrected chi connectivity index (χ4v) is 6.48. The molecule has 0 spiro atoms. The number of nitrogens with one attached hydrogen (secondary N) is 4. The summed E-state index contributed by atoms with van der Waals surface area (Å²) >= 11 is 0. The number of carbonyl (C=O) groups is 2. The number of carbonyl (C=O) groups excluding carboxylic acids is 1. The van der Waals surface area contributed by atoms with Gasteiger partial charge in [0.2, 0.25) is 21.8 Å². The molecule has 51 heavy (non-hydrogen) atoms. The van der Waals surface area contributed by atoms with Gasteiger partial charge in [0.05, 0.1) is 19.0 Å². The average Bonchev–Trinajstić information content (AvgIpc) is 3.75. The van der Waals surface area contributed by atoms with E-state index in [1.54, 1.807) is 0 Å². The normalized spacial score (nSPS) is 15.8. The first-order valence-corrected chi connectivity index (χ1v) is 21.9. The molecule has 5 N–H and O–H groups in total. The summed E-state index contributed by atoms with van der Waals surface area (Å²) in [5.41, 5.74) is 4.17. The second kappa shape index (κ2) is 17.1. The van der Waals surface area contributed by atoms with Crippen molar-refractivity contribution < 1.29 is 27.9 Å². The van der Waals surface area contributed by atoms with Crippen molar-refractivity contribution in [2.45, 2.75) is 64.0 Å². The summed E-state index contributed by atoms with van der Waals surface area (Å²) in [4.78, 5) is 38.3. The van der Waals surface area contributed by atoms with Crippen molar-refractivity contribution in [1.29, 1.82) is 10.5 Å². The Balaban J connectivity index is 0.000000275. The Morgan fingerprint density at radius 1 is 1.20 bits per heavy atom. The van der Waals surface area contributed by atoms with Gasteiger partial charge >= 0.3 is 5.97 Å². The van der Waals surface area contributed by atoms with Crippen molar-refractivity contribution >= 4 is 47.2 Å². The lowest BCUT2D eigenvalue weighted by molar-refractivity contribution is 0.0613. The third-order valence-corrected chi connectivity index (χ3v) is 10.2. The molecule has 2 aromatic heterocycles. The quantitative estimate of drug-likeness (QED) is 0.140. The van der Waals surface area contributed by atoms with Crippen LogP contribution < -0.4 is 15.4 Å². The number of ether oxygens (including phenoxy) is 1. The van der Waals surface area contributed by atoms with Gasteiger partial charge < -0.3 is 30.0 Å². The van der Waals surface area contributed by atoms with Crippen molar-refractivity contribution in [2.75, 3.05) is 31.3 Å². The number of amides is 1. The Morgan fingerprint density at radius 3 is 2.57 bits per heavy atom. The number of guanidine groups is 1. The van der Waals surface area contributed by atoms with Crippen LogP contribution in [0.2, 0.25) is 25.7 Å². The average molecular weight is 735 g/mol. The second-order valence-electron chi connectivity index (χ2n) is 13.3. The van der Waals surface area contributed by atoms with E-state index in [1.807, 2.05) is 24.3 Å². The molecule has 0 bridgehead atoms. The SMILES string of the molecule is CS(=O)(=O)NC1=NCC(c2ccc(NC(=O)c3ncc(C#N)[nH]3)c(C3=CCCCC3)c2)CN1.C[Si](C)(C)CCOCn1cc(C#N)nc1C(=O)O. The lowest BCUT2D eigenvalue weighted by atomic mass is 9.88. The maximum absolute atomic E-state index is 12.7. The molecule has 270 valence electrons. The number of anilines is 1. The summed E-state index contributed by atoms with van der Waals surface area (Å²) in [7, 11) is -4.53. The maximum atomic E-state index is 12.7. The molecule has 16 nitrogen and oxygen atoms in total. The maximum Gasteiger partial charge on any atom is 0.372 e. The summed E-state index contributed by atoms with van der Waals surface area (Å²) < 4.78 is 32.0. The summed E-state index contributed by atoms with van der Waals surface area (Å²) in [6, 6.07) is 10.6. The van der Waals surface area contributed by atoms with Gasteiger partial charge in [-0.1, -0.05) is 31.8 Å². The molecule has 1 aliphatic carbocycles. The zero-order valence-electron chi connectivity index (χ0n) is 29.0. The van der Waals surface area contributed by atoms with Crippen molar-refractivity contribution in [2.24, 2.45) is 4.99 Å². The van der Waals surface area contributed by atoms with Gasteiger partial charge in [-0.2, -0.15) is 10.5 Å². The van der Waals surface area contributed by atoms with Crippen LogP contribution in [-0.4, -0.2) is 84.9 Å². The predicted octanol–water partition coefficient (Wildman–Crippen LogP) is 3.85. The molecule has 3 aromatic rings. The van der Waals surface area contributed by atoms with Crippen LogP contribution in [0.1, 0.15) is 75.4 Å². The number of hydrogen-bond donors (Lipinski definition) is 5. The minimum atomic E-state index is -3.38. The minimum absolute atomic E-state index is 0.0612. The Kier molecular flexibility index (Phi) is 12.9. The molecule has 1 atom stereocenters. The highest BCUT2D eigenvalue weighted by Crippen LogP contribution is 2.34. The van der Waals surface area contributed by atoms with Crippen LogP contribution >= 0.6 is 0 Å². The first-order chi connectivity index (χ1) is 24.2. The number of aromatic amines is 1. The number of nitrogens with zero attached hydrogens (tertiary/aromatic N) is 6. The molecular weight excluding hydrogens is 693 g/mol. The lowest BCUT2D eigenvalue weighted by Crippen LogP contribution is -2.45. The van der Waals surface area contributed by atoms with Crippen LogP contribution in [0.5, 0.6) is 0 Å². The summed E-state index contributed by atoms with van der Waals surface area (Å²) in [5, 5.41) is 32.5. The van der Waals surface area contributed by atoms with Gasteiger partial charge in [0.25, 0.3) is 5.91 Å². The number of benzene rings is 1. The van der Waals surface area contributed by atoms with E-state index in [-0.39, 0.29) is 41.6 Å². The number of sulfonamides is 1. The van der Waals surface area contributed by atoms with Crippen molar-refractivity contribution in [3.8, 4) is 12.1 Å². The van der Waals surface area contributed by atoms with E-state index in [0.29, 0.717) is 25.4 Å². The number of hydrogen-bond acceptors (Lipinski definition) is 11. The summed E-state index contributed by atoms with van der Waals surface area (Å²) in [5.74, 6) is -1.35. The van der Waals surface area contributed by atoms with Gasteiger partial charge in [-0.15, -0.1) is 0 Å². The fourth-order valence-electron chi connectivity index (χ4n) is 5.24. The van der Waals surface area contributed by atoms with Gasteiger partial charge in [0.1, 0.15) is 24.6 Å². The van der Waals surface area contributed by atoms with Crippen LogP contribution in [-0.2, 0) is 21.5 Å². The molecule has 0 fully saturated rings. The molecule has 1 amide bonds. The van der Waals surface area contributed by atoms with Crippen molar-refractivity contribution in [3.05, 3.63) is 70.8 Å². The number of nitriles is 2. The largest absolute Gasteiger partial charge is 0.475 e. The molecule has 1 unspecified atom stereocenters. The van der Waals surface area contributed by atoms with E-state index < -0.39 is 30.0 Å². The predicted molar refractivity (Wildman–Crippen MR) is 193 cm³/mol. The standard InChI is InChI=1S/C22H25N7O3S.C11H17N3O3Si/c1-33(31,32)29-22-25-11-16(12-26-22)15-7-8-19(18(9-15)14-5-3-2-4-6-14)28-21(30)20-24-13-17(10-23)27-20;1-18(2,3)5-4-17-8-14-7-9(6-12)13-10(14)11(15)16/h5,7-9,13,16H,2-4,6,11-12H2,1H3,(H,24,27)(H,28,30)(H2,25,26,29);7H,4-5,8H2,1-3H3,(H,15,16). The van der Waals surface area contributed by atoms with Gasteiger partial charge in [0, 0.05) is 44.6 Å². The van der Waals surface area contributed by atoms with Crippen LogP contribution in [0.25, 0.3) is 5.57 Å². The second-order valence-corrected chi connectivity index (χ2v) is 20.7. The molecule has 0 saturated carbocycles. The van der Waals surface area contributed by atoms with Gasteiger partial charge in [-0.25, -0.2) is 23.2 Å². The minimum Gasteiger partial charge on any atom is -0.475 e. The first kappa shape index (κ1) is 38.5. The number of aromatic carboxylic acids is 1. The molecular formula is C33H42N10O6SSi. The number of rotatable bonds is 11. The number of carboxylic acids is 1. The number of aliphatic imine (C=N–C) groups is 1. The summed E-state index contributed by atoms with van der Waals surface area (Å²) in [6.07, 6.45) is 10.2. The zero-order chi connectivity index (χ0) is 37.2. The molecule has 18 heteroatoms. The lowest BCUT2D eigenvalue weighted by Gasteiger charge is -2.25. The number of H-pyrrole nitrogens is 1. The Labute approximate surface area is 297 Å². The zero-order valence-corrected chi connectivity index (χ0v) is 30.8. The number of aromatic nitrogens is 4. The van der Waals surface area contributed by atoms with E-state index in [0.717, 1.165) is 49.1 Å². The Morgan fingerprint density at radius 2 is 1.98 bits per heavy atom. The molecule has 1 aliphatic heterocycles. The summed E-state index contributed by atoms with van der Waals surface area (Å²) in [6.45, 7) is 8.40. The molecule has 0 radical (unpaired) electrons. The molecule has 2 aliphatic rings. The van der Waals surface area contributed by atoms with Crippen LogP contribution in [0.4, 0.5) is 5.69 Å². The van der Waals surface area contributed by atoms with E-state index in [2.05, 4.69) is 67.1 Å². The highest BCUT2D eigenvalue weighted by atomic mass is 32.2. The van der Waals surface area contributed by atoms with Gasteiger partial charge in [-0.3, -0.25) is 14.5 Å². The third-order valence-electron chi connectivity index (χ3n) is 7.89. The third kappa shape index (κ3) is 11.6. The number of carboxylic acid groups (broad SMARTS) is 1. The highest BCUT2D eigenvalue weighted by molar-refractivity contribution is 7.89. The fraction of sp³-hybridized carbons (Fsp3) is 0.424. The topological polar surface area (TPSA) is 240 Å². The Bertz CT molecular complexity index is 2000. The van der Waals surface area contributed by atoms with E-state index >= 15 is 0 Å². The molecule has 1 aromatic carbocycles. The molecule has 3 heterocycles. The monoisotopic (exact) mass is 734 g/mol. The van der Waals surface area contributed by atoms with Crippen LogP contribution in [0, 0.1) is 22.7 Å². The van der Waals surface area contributed by atoms with Gasteiger partial charge in [-0.05, 0) is 55.0 Å². The van der Waals surface area contributed by atoms with Crippen molar-refractivity contribution in [3.63, 3.8) is 0 Å². The molecule has 5 rings (SSSR count). The Hall–Kier alpha value is -5.30. The van der Waals surface area contributed by atoms with E-state index in [4.69, 9.17) is 20.4 Å². The van der Waals surface area contributed by atoms with Crippen LogP contribution in [0.3, 0.4) is 0 Å². The van der Waals surface area contributed by atoms with Crippen molar-refractivity contribution in [1.82, 2.24) is 29.6 Å². The molecule has 0 saturated heterocycles. The first-order valence-electron chi connectivity index (χ1n) is 16.3. The van der Waals surface area contributed by atoms with Crippen LogP contribution in [0.15, 0.2) is 41.7 Å². The van der Waals surface area contributed by atoms with E-state index in [9.17, 15) is 18.0 Å². The number of imidazole rings is 2. The van der Waals surface area contributed by atoms with E-state index in [1.165, 1.54) is 22.5 Å². The highest BCUT2D eigenvalue weighted by Gasteiger charge is 2.22.